The molecule has 8 heteroatoms. The average molecular weight is 425 g/mol. The van der Waals surface area contributed by atoms with Gasteiger partial charge in [0.25, 0.3) is 0 Å². The van der Waals surface area contributed by atoms with Gasteiger partial charge in [-0.15, -0.1) is 0 Å². The molecule has 0 aliphatic carbocycles. The first-order valence-electron chi connectivity index (χ1n) is 8.69. The molecule has 0 spiro atoms. The van der Waals surface area contributed by atoms with Gasteiger partial charge in [0.15, 0.2) is 0 Å². The van der Waals surface area contributed by atoms with Gasteiger partial charge in [-0.1, -0.05) is 11.5 Å². The highest BCUT2D eigenvalue weighted by Gasteiger charge is 2.50. The fraction of sp³-hybridized carbons (Fsp3) is 0.556. The molecule has 0 unspecified atom stereocenters. The molecule has 6 nitrogen and oxygen atoms in total. The smallest absolute Gasteiger partial charge is 0.465 e. The van der Waals surface area contributed by atoms with Crippen molar-refractivity contribution in [2.75, 3.05) is 13.1 Å². The number of piperidine rings is 1. The minimum Gasteiger partial charge on any atom is -0.465 e. The first kappa shape index (κ1) is 20.9. The van der Waals surface area contributed by atoms with Gasteiger partial charge in [-0.2, -0.15) is 0 Å². The molecule has 0 atom stereocenters. The highest BCUT2D eigenvalue weighted by atomic mass is 79.9. The van der Waals surface area contributed by atoms with Crippen molar-refractivity contribution >= 4 is 29.1 Å². The van der Waals surface area contributed by atoms with Crippen LogP contribution in [-0.4, -0.2) is 52.5 Å². The van der Waals surface area contributed by atoms with Crippen LogP contribution in [0.3, 0.4) is 0 Å². The van der Waals surface area contributed by atoms with Gasteiger partial charge in [-0.3, -0.25) is 4.98 Å². The van der Waals surface area contributed by atoms with Gasteiger partial charge in [-0.25, -0.2) is 4.79 Å². The van der Waals surface area contributed by atoms with Crippen LogP contribution in [0.4, 0.5) is 4.79 Å². The monoisotopic (exact) mass is 424 g/mol. The lowest BCUT2D eigenvalue weighted by molar-refractivity contribution is 0.00578. The van der Waals surface area contributed by atoms with E-state index in [1.807, 2.05) is 45.8 Å². The normalized spacial score (nSPS) is 22.7. The van der Waals surface area contributed by atoms with Crippen LogP contribution in [0, 0.1) is 0 Å². The molecule has 1 aromatic heterocycles. The number of halogens is 1. The number of carboxylic acid groups (broad SMARTS) is 1. The third-order valence-corrected chi connectivity index (χ3v) is 5.33. The van der Waals surface area contributed by atoms with Crippen LogP contribution in [0.5, 0.6) is 0 Å². The topological polar surface area (TPSA) is 71.9 Å². The molecule has 1 amide bonds. The van der Waals surface area contributed by atoms with Gasteiger partial charge in [0, 0.05) is 30.0 Å². The minimum absolute atomic E-state index is 0.351. The molecule has 2 fully saturated rings. The molecule has 1 aromatic rings. The summed E-state index contributed by atoms with van der Waals surface area (Å²) in [5, 5.41) is 9.02. The molecule has 2 saturated heterocycles. The molecular formula is C18H26BBrN2O4. The fourth-order valence-electron chi connectivity index (χ4n) is 2.69. The maximum absolute atomic E-state index is 11.0. The van der Waals surface area contributed by atoms with Crippen molar-refractivity contribution in [2.24, 2.45) is 0 Å². The van der Waals surface area contributed by atoms with E-state index in [-0.39, 0.29) is 18.3 Å². The highest BCUT2D eigenvalue weighted by Crippen LogP contribution is 2.37. The summed E-state index contributed by atoms with van der Waals surface area (Å²) in [7, 11) is -0.381. The van der Waals surface area contributed by atoms with E-state index in [1.54, 1.807) is 12.4 Å². The summed E-state index contributed by atoms with van der Waals surface area (Å²) in [6.45, 7) is 9.10. The Hall–Kier alpha value is -1.38. The number of hydrogen-bond acceptors (Lipinski definition) is 4. The number of likely N-dealkylation sites (tertiary alicyclic amines) is 1. The maximum atomic E-state index is 11.0. The molecule has 2 aliphatic heterocycles. The third kappa shape index (κ3) is 5.56. The van der Waals surface area contributed by atoms with E-state index in [9.17, 15) is 4.79 Å². The molecule has 3 rings (SSSR count). The largest absolute Gasteiger partial charge is 0.487 e. The van der Waals surface area contributed by atoms with Gasteiger partial charge in [0.05, 0.1) is 11.2 Å². The van der Waals surface area contributed by atoms with E-state index in [1.165, 1.54) is 4.90 Å². The summed E-state index contributed by atoms with van der Waals surface area (Å²) in [5.41, 5.74) is 0.373. The van der Waals surface area contributed by atoms with Gasteiger partial charge in [-0.05, 0) is 68.6 Å². The van der Waals surface area contributed by atoms with Crippen molar-refractivity contribution in [2.45, 2.75) is 51.7 Å². The Morgan fingerprint density at radius 3 is 2.46 bits per heavy atom. The summed E-state index contributed by atoms with van der Waals surface area (Å²) in [5.74, 6) is 1.94. The van der Waals surface area contributed by atoms with E-state index < -0.39 is 6.09 Å². The predicted octanol–water partition coefficient (Wildman–Crippen LogP) is 4.16. The Morgan fingerprint density at radius 2 is 2.00 bits per heavy atom. The van der Waals surface area contributed by atoms with E-state index >= 15 is 0 Å². The minimum atomic E-state index is -0.862. The molecule has 0 radical (unpaired) electrons. The van der Waals surface area contributed by atoms with Crippen molar-refractivity contribution in [3.63, 3.8) is 0 Å². The van der Waals surface area contributed by atoms with Gasteiger partial charge < -0.3 is 19.3 Å². The third-order valence-electron chi connectivity index (χ3n) is 4.86. The molecule has 0 saturated carbocycles. The van der Waals surface area contributed by atoms with E-state index in [0.29, 0.717) is 13.1 Å². The molecule has 3 heterocycles. The number of rotatable bonds is 1. The van der Waals surface area contributed by atoms with Crippen LogP contribution in [0.2, 0.25) is 0 Å². The first-order valence-corrected chi connectivity index (χ1v) is 9.48. The van der Waals surface area contributed by atoms with Crippen LogP contribution < -0.4 is 0 Å². The molecule has 26 heavy (non-hydrogen) atoms. The standard InChI is InChI=1S/C13H22BNO4.C5H4BrN/c1-12(2)13(3,4)19-14(18-12)8-10-6-5-7-15(9-10)11(16)17;6-5-2-1-3-7-4-5/h8H,5-7,9H2,1-4H3,(H,16,17);1-4H. The average Bonchev–Trinajstić information content (AvgIpc) is 2.75. The van der Waals surface area contributed by atoms with Crippen molar-refractivity contribution in [1.29, 1.82) is 0 Å². The summed E-state index contributed by atoms with van der Waals surface area (Å²) < 4.78 is 12.8. The Kier molecular flexibility index (Phi) is 6.88. The summed E-state index contributed by atoms with van der Waals surface area (Å²) in [4.78, 5) is 16.2. The lowest BCUT2D eigenvalue weighted by Crippen LogP contribution is -2.41. The van der Waals surface area contributed by atoms with Crippen molar-refractivity contribution < 1.29 is 19.2 Å². The molecule has 1 N–H and O–H groups in total. The zero-order valence-corrected chi connectivity index (χ0v) is 17.3. The Balaban J connectivity index is 0.000000290. The number of hydrogen-bond donors (Lipinski definition) is 1. The van der Waals surface area contributed by atoms with Crippen LogP contribution in [0.25, 0.3) is 0 Å². The Morgan fingerprint density at radius 1 is 1.35 bits per heavy atom. The van der Waals surface area contributed by atoms with Gasteiger partial charge in [0.1, 0.15) is 0 Å². The molecule has 142 valence electrons. The molecule has 0 bridgehead atoms. The quantitative estimate of drug-likeness (QED) is 0.685. The fourth-order valence-corrected chi connectivity index (χ4v) is 2.96. The first-order chi connectivity index (χ1) is 12.1. The number of carbonyl (C=O) groups is 1. The van der Waals surface area contributed by atoms with Crippen LogP contribution in [-0.2, 0) is 9.31 Å². The highest BCUT2D eigenvalue weighted by molar-refractivity contribution is 9.10. The zero-order valence-electron chi connectivity index (χ0n) is 15.7. The van der Waals surface area contributed by atoms with Crippen LogP contribution in [0.15, 0.2) is 40.5 Å². The van der Waals surface area contributed by atoms with Gasteiger partial charge >= 0.3 is 13.2 Å². The van der Waals surface area contributed by atoms with Gasteiger partial charge in [0.2, 0.25) is 0 Å². The van der Waals surface area contributed by atoms with Crippen molar-refractivity contribution in [3.05, 3.63) is 40.5 Å². The van der Waals surface area contributed by atoms with Crippen molar-refractivity contribution in [1.82, 2.24) is 9.88 Å². The van der Waals surface area contributed by atoms with Crippen LogP contribution >= 0.6 is 15.9 Å². The van der Waals surface area contributed by atoms with E-state index in [0.717, 1.165) is 22.9 Å². The second kappa shape index (κ2) is 8.54. The number of aromatic nitrogens is 1. The second-order valence-corrected chi connectivity index (χ2v) is 8.34. The zero-order chi connectivity index (χ0) is 19.4. The molecule has 2 aliphatic rings. The second-order valence-electron chi connectivity index (χ2n) is 7.43. The number of nitrogens with zero attached hydrogens (tertiary/aromatic N) is 2. The van der Waals surface area contributed by atoms with E-state index in [2.05, 4.69) is 20.9 Å². The Labute approximate surface area is 163 Å². The molecule has 0 aromatic carbocycles. The van der Waals surface area contributed by atoms with Crippen molar-refractivity contribution in [3.8, 4) is 0 Å². The Bertz CT molecular complexity index is 636. The number of amides is 1. The summed E-state index contributed by atoms with van der Waals surface area (Å²) >= 11 is 3.25. The maximum Gasteiger partial charge on any atom is 0.487 e. The predicted molar refractivity (Wildman–Crippen MR) is 105 cm³/mol. The van der Waals surface area contributed by atoms with E-state index in [4.69, 9.17) is 14.4 Å². The number of pyridine rings is 1. The van der Waals surface area contributed by atoms with Crippen LogP contribution in [0.1, 0.15) is 40.5 Å². The lowest BCUT2D eigenvalue weighted by atomic mass is 9.85. The summed E-state index contributed by atoms with van der Waals surface area (Å²) in [6.07, 6.45) is 4.40. The SMILES string of the molecule is Brc1cccnc1.CC1(C)OB(C=C2CCCN(C(=O)O)C2)OC1(C)C. The summed E-state index contributed by atoms with van der Waals surface area (Å²) in [6, 6.07) is 3.82. The lowest BCUT2D eigenvalue weighted by Gasteiger charge is -2.32. The molecular weight excluding hydrogens is 399 g/mol.